The van der Waals surface area contributed by atoms with Gasteiger partial charge in [-0.05, 0) is 103 Å². The molecule has 16 nitrogen and oxygen atoms in total. The Kier molecular flexibility index (Phi) is 12.4. The summed E-state index contributed by atoms with van der Waals surface area (Å²) in [6.45, 7) is 18.5. The number of fused-ring (bicyclic) bond motifs is 7. The summed E-state index contributed by atoms with van der Waals surface area (Å²) < 4.78 is 35.6. The Morgan fingerprint density at radius 3 is 1.98 bits per heavy atom. The van der Waals surface area contributed by atoms with Crippen molar-refractivity contribution in [1.82, 2.24) is 0 Å². The highest BCUT2D eigenvalue weighted by Crippen LogP contribution is 2.77. The van der Waals surface area contributed by atoms with Crippen LogP contribution in [0.3, 0.4) is 0 Å². The fourth-order valence-corrected chi connectivity index (χ4v) is 15.5. The average Bonchev–Trinajstić information content (AvgIpc) is 3.50. The maximum absolute atomic E-state index is 12.3. The zero-order valence-corrected chi connectivity index (χ0v) is 36.8. The van der Waals surface area contributed by atoms with E-state index >= 15 is 0 Å². The van der Waals surface area contributed by atoms with Crippen molar-refractivity contribution in [3.63, 3.8) is 0 Å². The highest BCUT2D eigenvalue weighted by Gasteiger charge is 2.74. The molecule has 3 heterocycles. The molecule has 5 aliphatic carbocycles. The van der Waals surface area contributed by atoms with Gasteiger partial charge in [0, 0.05) is 5.92 Å². The Morgan fingerprint density at radius 2 is 1.30 bits per heavy atom. The van der Waals surface area contributed by atoms with Gasteiger partial charge in [-0.1, -0.05) is 53.7 Å². The Hall–Kier alpha value is -0.900. The molecule has 0 aromatic rings. The minimum absolute atomic E-state index is 0.000377. The van der Waals surface area contributed by atoms with E-state index in [2.05, 4.69) is 48.1 Å². The van der Waals surface area contributed by atoms with Crippen LogP contribution in [0.5, 0.6) is 0 Å². The van der Waals surface area contributed by atoms with Crippen molar-refractivity contribution in [1.29, 1.82) is 0 Å². The Labute approximate surface area is 359 Å². The van der Waals surface area contributed by atoms with Crippen LogP contribution in [0.2, 0.25) is 0 Å². The minimum atomic E-state index is -1.75. The molecule has 0 aromatic heterocycles. The molecular weight excluding hydrogens is 796 g/mol. The van der Waals surface area contributed by atoms with Crippen LogP contribution in [0, 0.1) is 50.7 Å². The third kappa shape index (κ3) is 6.98. The highest BCUT2D eigenvalue weighted by molar-refractivity contribution is 5.27. The number of aliphatic hydroxyl groups excluding tert-OH is 10. The second kappa shape index (κ2) is 16.2. The van der Waals surface area contributed by atoms with Gasteiger partial charge in [0.05, 0.1) is 37.6 Å². The van der Waals surface area contributed by atoms with Crippen LogP contribution in [-0.2, 0) is 28.4 Å². The van der Waals surface area contributed by atoms with Crippen molar-refractivity contribution in [2.24, 2.45) is 50.7 Å². The lowest BCUT2D eigenvalue weighted by molar-refractivity contribution is -0.374. The monoisotopic (exact) mass is 870 g/mol. The van der Waals surface area contributed by atoms with Crippen LogP contribution in [-0.4, -0.2) is 169 Å². The standard InChI is InChI=1S/C45H74O16/c1-19-9-12-43(6)28(19)22(48)16-45(8)37(43)21(47)15-26-42(5)13-11-27(41(3,4)25(42)10-14-44(26,45)7)59-40-34(55)36(30(51)24(17-46)58-40)61-38-33(54)35(23(49)18-56-38)60-39-32(53)31(52)29(50)20(2)57-39/h20-40,46-55H,1,9-18H2,2-8H3. The molecule has 16 heteroatoms. The van der Waals surface area contributed by atoms with Crippen molar-refractivity contribution >= 4 is 0 Å². The zero-order chi connectivity index (χ0) is 44.5. The van der Waals surface area contributed by atoms with E-state index in [0.29, 0.717) is 19.3 Å². The lowest BCUT2D eigenvalue weighted by Crippen LogP contribution is -2.71. The largest absolute Gasteiger partial charge is 0.394 e. The molecule has 25 atom stereocenters. The van der Waals surface area contributed by atoms with E-state index in [4.69, 9.17) is 28.4 Å². The number of hydrogen-bond donors (Lipinski definition) is 10. The normalized spacial score (nSPS) is 58.3. The van der Waals surface area contributed by atoms with E-state index in [0.717, 1.165) is 37.7 Å². The first-order chi connectivity index (χ1) is 28.5. The third-order valence-corrected chi connectivity index (χ3v) is 18.6. The molecule has 0 aromatic carbocycles. The first-order valence-electron chi connectivity index (χ1n) is 22.8. The van der Waals surface area contributed by atoms with Crippen molar-refractivity contribution in [3.05, 3.63) is 12.2 Å². The summed E-state index contributed by atoms with van der Waals surface area (Å²) in [5, 5.41) is 110. The first kappa shape index (κ1) is 46.6. The van der Waals surface area contributed by atoms with Crippen molar-refractivity contribution in [2.45, 2.75) is 204 Å². The second-order valence-corrected chi connectivity index (χ2v) is 22.0. The van der Waals surface area contributed by atoms with Crippen LogP contribution in [0.25, 0.3) is 0 Å². The number of aliphatic hydroxyl groups is 10. The molecule has 0 bridgehead atoms. The predicted octanol–water partition coefficient (Wildman–Crippen LogP) is 0.470. The van der Waals surface area contributed by atoms with Crippen LogP contribution < -0.4 is 0 Å². The van der Waals surface area contributed by atoms with Gasteiger partial charge in [0.1, 0.15) is 61.0 Å². The average molecular weight is 871 g/mol. The van der Waals surface area contributed by atoms with Crippen molar-refractivity contribution < 1.29 is 79.5 Å². The van der Waals surface area contributed by atoms with Gasteiger partial charge in [-0.15, -0.1) is 0 Å². The molecule has 5 saturated carbocycles. The maximum atomic E-state index is 12.3. The smallest absolute Gasteiger partial charge is 0.187 e. The fourth-order valence-electron chi connectivity index (χ4n) is 15.5. The maximum Gasteiger partial charge on any atom is 0.187 e. The highest BCUT2D eigenvalue weighted by atomic mass is 16.7. The molecule has 350 valence electrons. The molecule has 8 fully saturated rings. The van der Waals surface area contributed by atoms with E-state index in [-0.39, 0.29) is 45.3 Å². The molecule has 0 spiro atoms. The van der Waals surface area contributed by atoms with Gasteiger partial charge < -0.3 is 79.5 Å². The third-order valence-electron chi connectivity index (χ3n) is 18.6. The molecule has 0 radical (unpaired) electrons. The molecule has 8 rings (SSSR count). The second-order valence-electron chi connectivity index (χ2n) is 22.0. The van der Waals surface area contributed by atoms with E-state index in [1.165, 1.54) is 6.92 Å². The summed E-state index contributed by atoms with van der Waals surface area (Å²) in [5.41, 5.74) is -0.172. The van der Waals surface area contributed by atoms with Crippen LogP contribution in [0.4, 0.5) is 0 Å². The predicted molar refractivity (Wildman–Crippen MR) is 215 cm³/mol. The van der Waals surface area contributed by atoms with Gasteiger partial charge in [-0.25, -0.2) is 0 Å². The summed E-state index contributed by atoms with van der Waals surface area (Å²) in [5.74, 6) is 0.385. The van der Waals surface area contributed by atoms with Gasteiger partial charge in [-0.3, -0.25) is 0 Å². The lowest BCUT2D eigenvalue weighted by atomic mass is 9.31. The van der Waals surface area contributed by atoms with E-state index in [9.17, 15) is 51.1 Å². The first-order valence-corrected chi connectivity index (χ1v) is 22.8. The Bertz CT molecular complexity index is 1620. The van der Waals surface area contributed by atoms with Crippen LogP contribution in [0.1, 0.15) is 99.8 Å². The van der Waals surface area contributed by atoms with Gasteiger partial charge in [-0.2, -0.15) is 0 Å². The molecule has 0 amide bonds. The molecule has 10 N–H and O–H groups in total. The van der Waals surface area contributed by atoms with Gasteiger partial charge in [0.15, 0.2) is 18.9 Å². The minimum Gasteiger partial charge on any atom is -0.394 e. The van der Waals surface area contributed by atoms with E-state index in [1.807, 2.05) is 0 Å². The molecule has 8 aliphatic rings. The molecule has 3 aliphatic heterocycles. The summed E-state index contributed by atoms with van der Waals surface area (Å²) in [4.78, 5) is 0. The van der Waals surface area contributed by atoms with E-state index in [1.54, 1.807) is 0 Å². The molecule has 61 heavy (non-hydrogen) atoms. The van der Waals surface area contributed by atoms with E-state index < -0.39 is 123 Å². The summed E-state index contributed by atoms with van der Waals surface area (Å²) in [6.07, 6.45) is -15.9. The van der Waals surface area contributed by atoms with Gasteiger partial charge in [0.25, 0.3) is 0 Å². The Balaban J connectivity index is 0.979. The summed E-state index contributed by atoms with van der Waals surface area (Å²) in [6, 6.07) is 0. The molecule has 25 unspecified atom stereocenters. The fraction of sp³-hybridized carbons (Fsp3) is 0.956. The molecule has 3 saturated heterocycles. The SMILES string of the molecule is C=C1CCC2(C)C1C(O)CC1(C)C2C(O)CC2C3(C)CCC(OC4OC(CO)C(O)C(OC5OCC(O)C(OC6OC(C)C(O)C(O)C6O)C5O)C4O)C(C)(C)C3CCC21C. The summed E-state index contributed by atoms with van der Waals surface area (Å²) >= 11 is 0. The Morgan fingerprint density at radius 1 is 0.639 bits per heavy atom. The van der Waals surface area contributed by atoms with Crippen LogP contribution in [0.15, 0.2) is 12.2 Å². The van der Waals surface area contributed by atoms with Crippen molar-refractivity contribution in [3.8, 4) is 0 Å². The van der Waals surface area contributed by atoms with Crippen LogP contribution >= 0.6 is 0 Å². The number of rotatable bonds is 7. The van der Waals surface area contributed by atoms with Crippen molar-refractivity contribution in [2.75, 3.05) is 13.2 Å². The van der Waals surface area contributed by atoms with Gasteiger partial charge in [0.2, 0.25) is 0 Å². The number of hydrogen-bond acceptors (Lipinski definition) is 16. The topological polar surface area (TPSA) is 258 Å². The number of ether oxygens (including phenoxy) is 6. The van der Waals surface area contributed by atoms with Gasteiger partial charge >= 0.3 is 0 Å². The lowest BCUT2D eigenvalue weighted by Gasteiger charge is -2.74. The quantitative estimate of drug-likeness (QED) is 0.123. The zero-order valence-electron chi connectivity index (χ0n) is 36.8. The summed E-state index contributed by atoms with van der Waals surface area (Å²) in [7, 11) is 0. The molecular formula is C45H74O16.